The van der Waals surface area contributed by atoms with Crippen molar-refractivity contribution < 1.29 is 34.9 Å². The van der Waals surface area contributed by atoms with Gasteiger partial charge in [0.1, 0.15) is 19.0 Å². The number of carbonyl (C=O) groups excluding carboxylic acids is 2. The number of rotatable bonds is 8. The number of carbonyl (C=O) groups is 2. The van der Waals surface area contributed by atoms with Gasteiger partial charge in [0.25, 0.3) is 10.1 Å². The first-order valence-corrected chi connectivity index (χ1v) is 7.32. The molecule has 0 aliphatic heterocycles. The molecule has 0 aromatic heterocycles. The van der Waals surface area contributed by atoms with E-state index in [1.165, 1.54) is 12.2 Å². The van der Waals surface area contributed by atoms with Crippen LogP contribution in [0.1, 0.15) is 23.1 Å². The van der Waals surface area contributed by atoms with E-state index in [0.717, 1.165) is 0 Å². The standard InChI is InChI=1S/C11H18O7S.Ca.2H/c1-3-5-10(12)18-8-9(4-2)11(13)17-6-7-19(14,15)16;;;/h3,5,9H,4,6-8H2,1-2H3,(H,14,15,16);;;/q;+2;2*-1. The second kappa shape index (κ2) is 11.5. The summed E-state index contributed by atoms with van der Waals surface area (Å²) in [7, 11) is -4.16. The Labute approximate surface area is 151 Å². The normalized spacial score (nSPS) is 12.6. The van der Waals surface area contributed by atoms with E-state index >= 15 is 0 Å². The van der Waals surface area contributed by atoms with Gasteiger partial charge in [-0.15, -0.1) is 0 Å². The second-order valence-electron chi connectivity index (χ2n) is 3.69. The molecule has 20 heavy (non-hydrogen) atoms. The van der Waals surface area contributed by atoms with Crippen LogP contribution < -0.4 is 0 Å². The van der Waals surface area contributed by atoms with E-state index in [0.29, 0.717) is 6.42 Å². The molecule has 0 saturated carbocycles. The van der Waals surface area contributed by atoms with Gasteiger partial charge in [0.15, 0.2) is 0 Å². The van der Waals surface area contributed by atoms with Crippen molar-refractivity contribution in [2.45, 2.75) is 20.3 Å². The summed E-state index contributed by atoms with van der Waals surface area (Å²) in [6.07, 6.45) is 3.11. The van der Waals surface area contributed by atoms with Gasteiger partial charge in [0, 0.05) is 6.08 Å². The SMILES string of the molecule is CC=CC(=O)OCC(CC)C(=O)OCCS(=O)(=O)O.[Ca+2].[H-].[H-]. The molecular formula is C11H20CaO7S. The van der Waals surface area contributed by atoms with Crippen molar-refractivity contribution >= 4 is 59.8 Å². The van der Waals surface area contributed by atoms with Crippen molar-refractivity contribution in [1.29, 1.82) is 0 Å². The van der Waals surface area contributed by atoms with E-state index < -0.39 is 40.3 Å². The summed E-state index contributed by atoms with van der Waals surface area (Å²) in [6.45, 7) is 2.79. The molecule has 0 fully saturated rings. The average Bonchev–Trinajstić information content (AvgIpc) is 2.28. The Bertz CT molecular complexity index is 440. The summed E-state index contributed by atoms with van der Waals surface area (Å²) >= 11 is 0. The monoisotopic (exact) mass is 336 g/mol. The topological polar surface area (TPSA) is 107 Å². The maximum absolute atomic E-state index is 11.5. The van der Waals surface area contributed by atoms with Gasteiger partial charge in [-0.25, -0.2) is 4.79 Å². The van der Waals surface area contributed by atoms with Crippen LogP contribution in [0, 0.1) is 5.92 Å². The molecule has 0 aliphatic rings. The third-order valence-corrected chi connectivity index (χ3v) is 2.82. The molecule has 0 heterocycles. The smallest absolute Gasteiger partial charge is 1.00 e. The molecule has 1 N–H and O–H groups in total. The van der Waals surface area contributed by atoms with Gasteiger partial charge in [-0.05, 0) is 13.3 Å². The van der Waals surface area contributed by atoms with Gasteiger partial charge in [-0.1, -0.05) is 13.0 Å². The summed E-state index contributed by atoms with van der Waals surface area (Å²) in [6, 6.07) is 0. The fraction of sp³-hybridized carbons (Fsp3) is 0.636. The third kappa shape index (κ3) is 11.7. The number of ether oxygens (including phenoxy) is 2. The summed E-state index contributed by atoms with van der Waals surface area (Å²) in [5.41, 5.74) is 0. The van der Waals surface area contributed by atoms with Crippen LogP contribution in [0.15, 0.2) is 12.2 Å². The maximum Gasteiger partial charge on any atom is 2.00 e. The van der Waals surface area contributed by atoms with Crippen LogP contribution in [-0.2, 0) is 29.2 Å². The van der Waals surface area contributed by atoms with E-state index in [-0.39, 0.29) is 47.2 Å². The van der Waals surface area contributed by atoms with Crippen LogP contribution in [-0.4, -0.2) is 81.6 Å². The fourth-order valence-electron chi connectivity index (χ4n) is 1.08. The number of hydrogen-bond acceptors (Lipinski definition) is 6. The Morgan fingerprint density at radius 1 is 1.35 bits per heavy atom. The van der Waals surface area contributed by atoms with Gasteiger partial charge in [-0.3, -0.25) is 9.35 Å². The summed E-state index contributed by atoms with van der Waals surface area (Å²) in [5, 5.41) is 0. The predicted molar refractivity (Wildman–Crippen MR) is 74.9 cm³/mol. The molecule has 0 rings (SSSR count). The first-order chi connectivity index (χ1) is 8.80. The Kier molecular flexibility index (Phi) is 12.7. The summed E-state index contributed by atoms with van der Waals surface area (Å²) in [5.74, 6) is -2.55. The first-order valence-electron chi connectivity index (χ1n) is 5.71. The molecule has 0 spiro atoms. The van der Waals surface area contributed by atoms with Crippen molar-refractivity contribution in [3.63, 3.8) is 0 Å². The number of esters is 2. The quantitative estimate of drug-likeness (QED) is 0.296. The van der Waals surface area contributed by atoms with Crippen LogP contribution >= 0.6 is 0 Å². The van der Waals surface area contributed by atoms with E-state index in [9.17, 15) is 18.0 Å². The average molecular weight is 336 g/mol. The van der Waals surface area contributed by atoms with E-state index in [1.807, 2.05) is 0 Å². The molecule has 1 atom stereocenters. The van der Waals surface area contributed by atoms with Gasteiger partial charge < -0.3 is 12.3 Å². The van der Waals surface area contributed by atoms with Crippen molar-refractivity contribution in [3.8, 4) is 0 Å². The number of allylic oxidation sites excluding steroid dienone is 1. The molecule has 0 bridgehead atoms. The maximum atomic E-state index is 11.5. The zero-order valence-corrected chi connectivity index (χ0v) is 14.6. The molecule has 0 amide bonds. The van der Waals surface area contributed by atoms with Gasteiger partial charge in [0.05, 0.1) is 5.92 Å². The van der Waals surface area contributed by atoms with Crippen LogP contribution in [0.25, 0.3) is 0 Å². The second-order valence-corrected chi connectivity index (χ2v) is 5.26. The Morgan fingerprint density at radius 2 is 1.95 bits per heavy atom. The molecule has 0 aromatic carbocycles. The van der Waals surface area contributed by atoms with Gasteiger partial charge in [-0.2, -0.15) is 8.42 Å². The van der Waals surface area contributed by atoms with Crippen molar-refractivity contribution in [2.24, 2.45) is 5.92 Å². The zero-order chi connectivity index (χ0) is 14.9. The van der Waals surface area contributed by atoms with Crippen LogP contribution in [0.3, 0.4) is 0 Å². The van der Waals surface area contributed by atoms with Crippen LogP contribution in [0.4, 0.5) is 0 Å². The molecule has 0 aromatic rings. The minimum atomic E-state index is -4.16. The summed E-state index contributed by atoms with van der Waals surface area (Å²) in [4.78, 5) is 22.6. The molecule has 7 nitrogen and oxygen atoms in total. The zero-order valence-electron chi connectivity index (χ0n) is 13.6. The largest absolute Gasteiger partial charge is 2.00 e. The van der Waals surface area contributed by atoms with Gasteiger partial charge in [0.2, 0.25) is 0 Å². The molecule has 1 unspecified atom stereocenters. The molecule has 0 aliphatic carbocycles. The fourth-order valence-corrected chi connectivity index (χ4v) is 1.38. The number of hydrogen-bond donors (Lipinski definition) is 1. The predicted octanol–water partition coefficient (Wildman–Crippen LogP) is 0.407. The van der Waals surface area contributed by atoms with Crippen molar-refractivity contribution in [2.75, 3.05) is 19.0 Å². The summed E-state index contributed by atoms with van der Waals surface area (Å²) < 4.78 is 38.8. The van der Waals surface area contributed by atoms with Crippen molar-refractivity contribution in [1.82, 2.24) is 0 Å². The van der Waals surface area contributed by atoms with Crippen LogP contribution in [0.2, 0.25) is 0 Å². The van der Waals surface area contributed by atoms with E-state index in [2.05, 4.69) is 4.74 Å². The molecule has 0 radical (unpaired) electrons. The Hall–Kier alpha value is -0.150. The Morgan fingerprint density at radius 3 is 2.40 bits per heavy atom. The van der Waals surface area contributed by atoms with Crippen molar-refractivity contribution in [3.05, 3.63) is 12.2 Å². The molecule has 0 saturated heterocycles. The molecule has 114 valence electrons. The molecule has 9 heteroatoms. The molecular weight excluding hydrogens is 316 g/mol. The third-order valence-electron chi connectivity index (χ3n) is 2.14. The van der Waals surface area contributed by atoms with Gasteiger partial charge >= 0.3 is 49.7 Å². The minimum absolute atomic E-state index is 0. The Balaban J connectivity index is -0.000000540. The van der Waals surface area contributed by atoms with Crippen LogP contribution in [0.5, 0.6) is 0 Å². The minimum Gasteiger partial charge on any atom is -1.00 e. The van der Waals surface area contributed by atoms with E-state index in [1.54, 1.807) is 13.8 Å². The van der Waals surface area contributed by atoms with E-state index in [4.69, 9.17) is 9.29 Å². The first kappa shape index (κ1) is 22.1.